The monoisotopic (exact) mass is 297 g/mol. The summed E-state index contributed by atoms with van der Waals surface area (Å²) in [6.07, 6.45) is 0. The zero-order valence-corrected chi connectivity index (χ0v) is 11.6. The van der Waals surface area contributed by atoms with E-state index in [9.17, 15) is 8.78 Å². The molecule has 0 heterocycles. The predicted octanol–water partition coefficient (Wildman–Crippen LogP) is 4.25. The fraction of sp³-hybridized carbons (Fsp3) is 0.200. The summed E-state index contributed by atoms with van der Waals surface area (Å²) in [5.41, 5.74) is 1.52. The summed E-state index contributed by atoms with van der Waals surface area (Å²) in [7, 11) is 1.75. The van der Waals surface area contributed by atoms with Crippen molar-refractivity contribution in [3.05, 3.63) is 64.7 Å². The molecule has 0 amide bonds. The van der Waals surface area contributed by atoms with E-state index in [1.807, 2.05) is 12.1 Å². The van der Waals surface area contributed by atoms with Crippen molar-refractivity contribution in [2.75, 3.05) is 7.05 Å². The standard InChI is InChI=1S/C15H14ClF2NO/c1-19-14(10-5-4-6-11(16)9-10)12-7-2-3-8-13(12)20-15(17)18/h2-9,14-15,19H,1H3. The van der Waals surface area contributed by atoms with Gasteiger partial charge in [0.25, 0.3) is 0 Å². The van der Waals surface area contributed by atoms with Crippen LogP contribution >= 0.6 is 11.6 Å². The molecule has 1 N–H and O–H groups in total. The molecule has 0 bridgehead atoms. The first-order valence-corrected chi connectivity index (χ1v) is 6.46. The van der Waals surface area contributed by atoms with Crippen LogP contribution in [0.1, 0.15) is 17.2 Å². The Morgan fingerprint density at radius 2 is 1.85 bits per heavy atom. The molecule has 20 heavy (non-hydrogen) atoms. The molecule has 0 aliphatic rings. The quantitative estimate of drug-likeness (QED) is 0.891. The molecule has 2 rings (SSSR count). The van der Waals surface area contributed by atoms with E-state index in [1.165, 1.54) is 6.07 Å². The molecular weight excluding hydrogens is 284 g/mol. The highest BCUT2D eigenvalue weighted by Crippen LogP contribution is 2.31. The molecule has 0 aromatic heterocycles. The summed E-state index contributed by atoms with van der Waals surface area (Å²) < 4.78 is 29.5. The minimum atomic E-state index is -2.85. The van der Waals surface area contributed by atoms with Gasteiger partial charge in [0.2, 0.25) is 0 Å². The van der Waals surface area contributed by atoms with Gasteiger partial charge in [-0.15, -0.1) is 0 Å². The van der Waals surface area contributed by atoms with Crippen molar-refractivity contribution in [2.24, 2.45) is 0 Å². The number of hydrogen-bond acceptors (Lipinski definition) is 2. The summed E-state index contributed by atoms with van der Waals surface area (Å²) >= 11 is 5.98. The lowest BCUT2D eigenvalue weighted by Gasteiger charge is -2.20. The SMILES string of the molecule is CNC(c1cccc(Cl)c1)c1ccccc1OC(F)F. The van der Waals surface area contributed by atoms with Gasteiger partial charge in [-0.1, -0.05) is 41.9 Å². The summed E-state index contributed by atoms with van der Waals surface area (Å²) in [5, 5.41) is 3.68. The van der Waals surface area contributed by atoms with E-state index in [0.717, 1.165) is 5.56 Å². The van der Waals surface area contributed by atoms with Crippen LogP contribution < -0.4 is 10.1 Å². The summed E-state index contributed by atoms with van der Waals surface area (Å²) in [6, 6.07) is 13.7. The van der Waals surface area contributed by atoms with Crippen molar-refractivity contribution in [1.29, 1.82) is 0 Å². The van der Waals surface area contributed by atoms with Crippen LogP contribution in [0.2, 0.25) is 5.02 Å². The number of rotatable bonds is 5. The lowest BCUT2D eigenvalue weighted by atomic mass is 9.98. The first kappa shape index (κ1) is 14.8. The molecule has 1 unspecified atom stereocenters. The van der Waals surface area contributed by atoms with Crippen molar-refractivity contribution in [3.63, 3.8) is 0 Å². The van der Waals surface area contributed by atoms with E-state index in [4.69, 9.17) is 11.6 Å². The van der Waals surface area contributed by atoms with E-state index in [-0.39, 0.29) is 11.8 Å². The van der Waals surface area contributed by atoms with Gasteiger partial charge in [-0.2, -0.15) is 8.78 Å². The minimum Gasteiger partial charge on any atom is -0.434 e. The Labute approximate surface area is 121 Å². The second kappa shape index (κ2) is 6.68. The van der Waals surface area contributed by atoms with Crippen LogP contribution in [0.3, 0.4) is 0 Å². The van der Waals surface area contributed by atoms with Crippen molar-refractivity contribution in [2.45, 2.75) is 12.7 Å². The van der Waals surface area contributed by atoms with Crippen molar-refractivity contribution in [1.82, 2.24) is 5.32 Å². The Bertz CT molecular complexity index is 577. The molecule has 0 spiro atoms. The van der Waals surface area contributed by atoms with E-state index in [1.54, 1.807) is 37.4 Å². The third kappa shape index (κ3) is 3.46. The van der Waals surface area contributed by atoms with Gasteiger partial charge in [0.1, 0.15) is 5.75 Å². The average Bonchev–Trinajstić information content (AvgIpc) is 2.41. The third-order valence-corrected chi connectivity index (χ3v) is 3.15. The lowest BCUT2D eigenvalue weighted by molar-refractivity contribution is -0.0506. The molecule has 2 aromatic rings. The number of alkyl halides is 2. The molecule has 0 aliphatic heterocycles. The minimum absolute atomic E-state index is 0.154. The molecule has 0 saturated carbocycles. The second-order valence-corrected chi connectivity index (χ2v) is 4.63. The van der Waals surface area contributed by atoms with Crippen LogP contribution in [-0.2, 0) is 0 Å². The van der Waals surface area contributed by atoms with E-state index in [0.29, 0.717) is 10.6 Å². The van der Waals surface area contributed by atoms with Gasteiger partial charge in [0.15, 0.2) is 0 Å². The number of ether oxygens (including phenoxy) is 1. The number of hydrogen-bond donors (Lipinski definition) is 1. The van der Waals surface area contributed by atoms with Gasteiger partial charge in [-0.3, -0.25) is 0 Å². The van der Waals surface area contributed by atoms with Crippen molar-refractivity contribution in [3.8, 4) is 5.75 Å². The van der Waals surface area contributed by atoms with E-state index >= 15 is 0 Å². The highest BCUT2D eigenvalue weighted by Gasteiger charge is 2.18. The third-order valence-electron chi connectivity index (χ3n) is 2.92. The average molecular weight is 298 g/mol. The number of nitrogens with one attached hydrogen (secondary N) is 1. The highest BCUT2D eigenvalue weighted by molar-refractivity contribution is 6.30. The Hall–Kier alpha value is -1.65. The fourth-order valence-corrected chi connectivity index (χ4v) is 2.31. The molecule has 2 nitrogen and oxygen atoms in total. The fourth-order valence-electron chi connectivity index (χ4n) is 2.11. The molecule has 0 radical (unpaired) electrons. The molecule has 5 heteroatoms. The Morgan fingerprint density at radius 3 is 2.50 bits per heavy atom. The molecule has 0 saturated heterocycles. The smallest absolute Gasteiger partial charge is 0.387 e. The maximum absolute atomic E-state index is 12.5. The number of halogens is 3. The number of benzene rings is 2. The summed E-state index contributed by atoms with van der Waals surface area (Å²) in [5.74, 6) is 0.154. The van der Waals surface area contributed by atoms with Gasteiger partial charge in [-0.25, -0.2) is 0 Å². The van der Waals surface area contributed by atoms with Crippen LogP contribution in [0.25, 0.3) is 0 Å². The van der Waals surface area contributed by atoms with Crippen molar-refractivity contribution < 1.29 is 13.5 Å². The first-order chi connectivity index (χ1) is 9.61. The summed E-state index contributed by atoms with van der Waals surface area (Å²) in [4.78, 5) is 0. The highest BCUT2D eigenvalue weighted by atomic mass is 35.5. The molecule has 1 atom stereocenters. The second-order valence-electron chi connectivity index (χ2n) is 4.19. The van der Waals surface area contributed by atoms with Crippen LogP contribution in [0.4, 0.5) is 8.78 Å². The number of para-hydroxylation sites is 1. The van der Waals surface area contributed by atoms with Gasteiger partial charge in [0, 0.05) is 10.6 Å². The first-order valence-electron chi connectivity index (χ1n) is 6.08. The zero-order chi connectivity index (χ0) is 14.5. The van der Waals surface area contributed by atoms with Gasteiger partial charge in [0.05, 0.1) is 6.04 Å². The van der Waals surface area contributed by atoms with E-state index < -0.39 is 6.61 Å². The molecule has 0 aliphatic carbocycles. The van der Waals surface area contributed by atoms with Crippen LogP contribution in [0, 0.1) is 0 Å². The maximum atomic E-state index is 12.5. The predicted molar refractivity (Wildman–Crippen MR) is 75.4 cm³/mol. The maximum Gasteiger partial charge on any atom is 0.387 e. The van der Waals surface area contributed by atoms with E-state index in [2.05, 4.69) is 10.1 Å². The van der Waals surface area contributed by atoms with Gasteiger partial charge >= 0.3 is 6.61 Å². The van der Waals surface area contributed by atoms with Crippen LogP contribution in [0.15, 0.2) is 48.5 Å². The van der Waals surface area contributed by atoms with Crippen molar-refractivity contribution >= 4 is 11.6 Å². The largest absolute Gasteiger partial charge is 0.434 e. The van der Waals surface area contributed by atoms with Crippen LogP contribution in [0.5, 0.6) is 5.75 Å². The Kier molecular flexibility index (Phi) is 4.93. The molecule has 0 fully saturated rings. The van der Waals surface area contributed by atoms with Gasteiger partial charge < -0.3 is 10.1 Å². The Morgan fingerprint density at radius 1 is 1.10 bits per heavy atom. The molecular formula is C15H14ClF2NO. The van der Waals surface area contributed by atoms with Crippen LogP contribution in [-0.4, -0.2) is 13.7 Å². The molecule has 2 aromatic carbocycles. The lowest BCUT2D eigenvalue weighted by Crippen LogP contribution is -2.19. The molecule has 106 valence electrons. The Balaban J connectivity index is 2.41. The normalized spacial score (nSPS) is 12.4. The summed E-state index contributed by atoms with van der Waals surface area (Å²) in [6.45, 7) is -2.85. The van der Waals surface area contributed by atoms with Gasteiger partial charge in [-0.05, 0) is 30.8 Å². The topological polar surface area (TPSA) is 21.3 Å². The zero-order valence-electron chi connectivity index (χ0n) is 10.8.